The lowest BCUT2D eigenvalue weighted by Crippen LogP contribution is -2.22. The SMILES string of the molecule is CC(=O)N(c1cccc(Cl)c1)c1nc(/C=C(/C#N)C(=O)Nc2cccc(C(F)(F)F)c2)cs1. The number of anilines is 3. The van der Waals surface area contributed by atoms with Crippen molar-refractivity contribution in [1.29, 1.82) is 5.26 Å². The molecule has 3 aromatic rings. The zero-order chi connectivity index (χ0) is 24.2. The van der Waals surface area contributed by atoms with Gasteiger partial charge in [-0.05, 0) is 42.5 Å². The molecular weight excluding hydrogens is 477 g/mol. The highest BCUT2D eigenvalue weighted by atomic mass is 35.5. The van der Waals surface area contributed by atoms with Gasteiger partial charge in [-0.15, -0.1) is 11.3 Å². The Morgan fingerprint density at radius 2 is 1.94 bits per heavy atom. The summed E-state index contributed by atoms with van der Waals surface area (Å²) in [6, 6.07) is 12.4. The maximum Gasteiger partial charge on any atom is 0.416 e. The van der Waals surface area contributed by atoms with Gasteiger partial charge in [-0.2, -0.15) is 18.4 Å². The average molecular weight is 491 g/mol. The smallest absolute Gasteiger partial charge is 0.321 e. The summed E-state index contributed by atoms with van der Waals surface area (Å²) in [5, 5.41) is 13.9. The second-order valence-electron chi connectivity index (χ2n) is 6.59. The number of hydrogen-bond donors (Lipinski definition) is 1. The summed E-state index contributed by atoms with van der Waals surface area (Å²) in [7, 11) is 0. The highest BCUT2D eigenvalue weighted by Crippen LogP contribution is 2.32. The van der Waals surface area contributed by atoms with Crippen LogP contribution in [-0.4, -0.2) is 16.8 Å². The van der Waals surface area contributed by atoms with Crippen LogP contribution in [0.25, 0.3) is 6.08 Å². The van der Waals surface area contributed by atoms with Gasteiger partial charge in [0.2, 0.25) is 5.91 Å². The molecule has 6 nitrogen and oxygen atoms in total. The number of amides is 2. The molecule has 33 heavy (non-hydrogen) atoms. The molecule has 168 valence electrons. The number of halogens is 4. The quantitative estimate of drug-likeness (QED) is 0.348. The summed E-state index contributed by atoms with van der Waals surface area (Å²) < 4.78 is 38.6. The molecule has 0 saturated carbocycles. The molecule has 0 saturated heterocycles. The first-order chi connectivity index (χ1) is 15.6. The molecule has 2 aromatic carbocycles. The third-order valence-corrected chi connectivity index (χ3v) is 5.27. The largest absolute Gasteiger partial charge is 0.416 e. The van der Waals surface area contributed by atoms with Crippen LogP contribution in [0, 0.1) is 11.3 Å². The summed E-state index contributed by atoms with van der Waals surface area (Å²) >= 11 is 7.10. The normalized spacial score (nSPS) is 11.6. The lowest BCUT2D eigenvalue weighted by molar-refractivity contribution is -0.137. The van der Waals surface area contributed by atoms with Crippen LogP contribution in [0.5, 0.6) is 0 Å². The average Bonchev–Trinajstić information content (AvgIpc) is 3.19. The number of alkyl halides is 3. The number of rotatable bonds is 5. The minimum absolute atomic E-state index is 0.112. The van der Waals surface area contributed by atoms with Crippen molar-refractivity contribution in [2.45, 2.75) is 13.1 Å². The number of hydrogen-bond acceptors (Lipinski definition) is 5. The van der Waals surface area contributed by atoms with Gasteiger partial charge in [0.1, 0.15) is 11.6 Å². The summed E-state index contributed by atoms with van der Waals surface area (Å²) in [5.41, 5.74) is -0.709. The fourth-order valence-electron chi connectivity index (χ4n) is 2.76. The van der Waals surface area contributed by atoms with Crippen molar-refractivity contribution < 1.29 is 22.8 Å². The van der Waals surface area contributed by atoms with Gasteiger partial charge in [0, 0.05) is 23.0 Å². The fraction of sp³-hybridized carbons (Fsp3) is 0.0909. The van der Waals surface area contributed by atoms with E-state index in [1.54, 1.807) is 30.3 Å². The zero-order valence-electron chi connectivity index (χ0n) is 16.9. The Morgan fingerprint density at radius 3 is 2.58 bits per heavy atom. The van der Waals surface area contributed by atoms with Crippen LogP contribution < -0.4 is 10.2 Å². The van der Waals surface area contributed by atoms with Crippen LogP contribution in [0.4, 0.5) is 29.7 Å². The molecule has 0 spiro atoms. The van der Waals surface area contributed by atoms with E-state index in [0.717, 1.165) is 29.5 Å². The summed E-state index contributed by atoms with van der Waals surface area (Å²) in [6.45, 7) is 1.35. The lowest BCUT2D eigenvalue weighted by atomic mass is 10.1. The fourth-order valence-corrected chi connectivity index (χ4v) is 3.78. The summed E-state index contributed by atoms with van der Waals surface area (Å²) in [6.07, 6.45) is -3.39. The Bertz CT molecular complexity index is 1280. The molecule has 1 heterocycles. The second-order valence-corrected chi connectivity index (χ2v) is 7.86. The first kappa shape index (κ1) is 24.0. The number of benzene rings is 2. The van der Waals surface area contributed by atoms with E-state index in [-0.39, 0.29) is 28.0 Å². The molecule has 0 atom stereocenters. The van der Waals surface area contributed by atoms with Gasteiger partial charge in [0.25, 0.3) is 5.91 Å². The van der Waals surface area contributed by atoms with Crippen molar-refractivity contribution in [2.75, 3.05) is 10.2 Å². The molecule has 3 rings (SSSR count). The Labute approximate surface area is 195 Å². The number of carbonyl (C=O) groups excluding carboxylic acids is 2. The predicted octanol–water partition coefficient (Wildman–Crippen LogP) is 6.05. The van der Waals surface area contributed by atoms with E-state index in [2.05, 4.69) is 10.3 Å². The third-order valence-electron chi connectivity index (χ3n) is 4.19. The van der Waals surface area contributed by atoms with E-state index in [4.69, 9.17) is 11.6 Å². The standard InChI is InChI=1S/C22H14ClF3N4O2S/c1-13(31)30(19-7-3-5-16(23)10-19)21-29-18(12-33-21)8-14(11-27)20(32)28-17-6-2-4-15(9-17)22(24,25)26/h2-10,12H,1H3,(H,28,32)/b14-8-. The topological polar surface area (TPSA) is 86.1 Å². The van der Waals surface area contributed by atoms with Crippen LogP contribution in [0.2, 0.25) is 5.02 Å². The molecular formula is C22H14ClF3N4O2S. The maximum absolute atomic E-state index is 12.9. The molecule has 0 aliphatic rings. The van der Waals surface area contributed by atoms with Crippen LogP contribution in [0.3, 0.4) is 0 Å². The van der Waals surface area contributed by atoms with Crippen molar-refractivity contribution in [3.05, 3.63) is 75.8 Å². The zero-order valence-corrected chi connectivity index (χ0v) is 18.4. The number of nitrogens with one attached hydrogen (secondary N) is 1. The van der Waals surface area contributed by atoms with E-state index < -0.39 is 17.6 Å². The van der Waals surface area contributed by atoms with Gasteiger partial charge >= 0.3 is 6.18 Å². The number of nitrogens with zero attached hydrogens (tertiary/aromatic N) is 3. The molecule has 0 bridgehead atoms. The summed E-state index contributed by atoms with van der Waals surface area (Å²) in [5.74, 6) is -1.23. The van der Waals surface area contributed by atoms with E-state index in [9.17, 15) is 28.0 Å². The first-order valence-electron chi connectivity index (χ1n) is 9.20. The van der Waals surface area contributed by atoms with Gasteiger partial charge < -0.3 is 5.32 Å². The molecule has 0 aliphatic carbocycles. The molecule has 1 aromatic heterocycles. The van der Waals surface area contributed by atoms with Crippen molar-refractivity contribution >= 4 is 57.3 Å². The van der Waals surface area contributed by atoms with Crippen LogP contribution in [0.1, 0.15) is 18.2 Å². The summed E-state index contributed by atoms with van der Waals surface area (Å²) in [4.78, 5) is 30.2. The van der Waals surface area contributed by atoms with Crippen molar-refractivity contribution in [3.8, 4) is 6.07 Å². The van der Waals surface area contributed by atoms with Crippen LogP contribution in [-0.2, 0) is 15.8 Å². The number of aromatic nitrogens is 1. The van der Waals surface area contributed by atoms with Gasteiger partial charge in [-0.1, -0.05) is 23.7 Å². The van der Waals surface area contributed by atoms with E-state index in [0.29, 0.717) is 10.7 Å². The molecule has 0 aliphatic heterocycles. The molecule has 0 unspecified atom stereocenters. The van der Waals surface area contributed by atoms with Gasteiger partial charge in [0.15, 0.2) is 5.13 Å². The number of thiazole rings is 1. The minimum atomic E-state index is -4.57. The maximum atomic E-state index is 12.9. The Kier molecular flexibility index (Phi) is 7.16. The lowest BCUT2D eigenvalue weighted by Gasteiger charge is -2.18. The monoisotopic (exact) mass is 490 g/mol. The molecule has 0 fully saturated rings. The molecule has 2 amide bonds. The highest BCUT2D eigenvalue weighted by Gasteiger charge is 2.30. The van der Waals surface area contributed by atoms with Crippen LogP contribution >= 0.6 is 22.9 Å². The predicted molar refractivity (Wildman–Crippen MR) is 120 cm³/mol. The highest BCUT2D eigenvalue weighted by molar-refractivity contribution is 7.14. The van der Waals surface area contributed by atoms with Gasteiger partial charge in [-0.25, -0.2) is 4.98 Å². The van der Waals surface area contributed by atoms with E-state index in [1.165, 1.54) is 29.3 Å². The van der Waals surface area contributed by atoms with Crippen molar-refractivity contribution in [2.24, 2.45) is 0 Å². The van der Waals surface area contributed by atoms with Gasteiger partial charge in [-0.3, -0.25) is 14.5 Å². The Morgan fingerprint density at radius 1 is 1.21 bits per heavy atom. The Hall–Kier alpha value is -3.68. The van der Waals surface area contributed by atoms with Gasteiger partial charge in [0.05, 0.1) is 16.9 Å². The minimum Gasteiger partial charge on any atom is -0.321 e. The van der Waals surface area contributed by atoms with Crippen molar-refractivity contribution in [1.82, 2.24) is 4.98 Å². The third kappa shape index (κ3) is 5.97. The molecule has 1 N–H and O–H groups in total. The van der Waals surface area contributed by atoms with E-state index >= 15 is 0 Å². The number of nitriles is 1. The molecule has 11 heteroatoms. The van der Waals surface area contributed by atoms with Crippen molar-refractivity contribution in [3.63, 3.8) is 0 Å². The Balaban J connectivity index is 1.84. The second kappa shape index (κ2) is 9.85. The van der Waals surface area contributed by atoms with Crippen LogP contribution in [0.15, 0.2) is 59.5 Å². The molecule has 0 radical (unpaired) electrons. The number of carbonyl (C=O) groups is 2. The van der Waals surface area contributed by atoms with E-state index in [1.807, 2.05) is 0 Å². The first-order valence-corrected chi connectivity index (χ1v) is 10.5.